The average Bonchev–Trinajstić information content (AvgIpc) is 2.66. The van der Waals surface area contributed by atoms with Crippen LogP contribution in [0.3, 0.4) is 0 Å². The molecule has 0 saturated carbocycles. The highest BCUT2D eigenvalue weighted by Crippen LogP contribution is 2.32. The van der Waals surface area contributed by atoms with Crippen LogP contribution in [0.15, 0.2) is 65.8 Å². The molecule has 0 atom stereocenters. The van der Waals surface area contributed by atoms with Gasteiger partial charge in [-0.15, -0.1) is 0 Å². The normalized spacial score (nSPS) is 11.3. The molecule has 1 amide bonds. The summed E-state index contributed by atoms with van der Waals surface area (Å²) < 4.78 is 39.6. The molecular formula is C19H13ClF3N3OS. The first kappa shape index (κ1) is 20.2. The smallest absolute Gasteiger partial charge is 0.325 e. The fourth-order valence-corrected chi connectivity index (χ4v) is 3.13. The molecule has 144 valence electrons. The minimum absolute atomic E-state index is 0.130. The van der Waals surface area contributed by atoms with E-state index in [1.807, 2.05) is 0 Å². The fraction of sp³-hybridized carbons (Fsp3) is 0.105. The number of thioether (sulfide) groups is 1. The lowest BCUT2D eigenvalue weighted by Crippen LogP contribution is -2.15. The molecule has 0 aliphatic carbocycles. The summed E-state index contributed by atoms with van der Waals surface area (Å²) in [5, 5.41) is 2.95. The van der Waals surface area contributed by atoms with Crippen LogP contribution in [0.25, 0.3) is 11.3 Å². The van der Waals surface area contributed by atoms with E-state index < -0.39 is 17.8 Å². The average molecular weight is 424 g/mol. The van der Waals surface area contributed by atoms with E-state index in [2.05, 4.69) is 15.3 Å². The fourth-order valence-electron chi connectivity index (χ4n) is 2.29. The summed E-state index contributed by atoms with van der Waals surface area (Å²) in [7, 11) is 0. The molecule has 0 radical (unpaired) electrons. The number of nitrogens with one attached hydrogen (secondary N) is 1. The summed E-state index contributed by atoms with van der Waals surface area (Å²) in [4.78, 5) is 19.8. The Kier molecular flexibility index (Phi) is 6.21. The van der Waals surface area contributed by atoms with Gasteiger partial charge in [0, 0.05) is 16.3 Å². The lowest BCUT2D eigenvalue weighted by molar-refractivity contribution is -0.141. The van der Waals surface area contributed by atoms with Gasteiger partial charge in [0.15, 0.2) is 5.16 Å². The van der Waals surface area contributed by atoms with Crippen molar-refractivity contribution < 1.29 is 18.0 Å². The zero-order valence-corrected chi connectivity index (χ0v) is 15.8. The van der Waals surface area contributed by atoms with Crippen LogP contribution in [0, 0.1) is 0 Å². The second-order valence-corrected chi connectivity index (χ2v) is 7.01. The molecule has 2 aromatic carbocycles. The zero-order valence-electron chi connectivity index (χ0n) is 14.2. The highest BCUT2D eigenvalue weighted by molar-refractivity contribution is 7.99. The van der Waals surface area contributed by atoms with Gasteiger partial charge in [-0.1, -0.05) is 59.8 Å². The molecule has 3 aromatic rings. The van der Waals surface area contributed by atoms with Crippen LogP contribution >= 0.6 is 23.4 Å². The molecule has 0 unspecified atom stereocenters. The molecule has 0 spiro atoms. The van der Waals surface area contributed by atoms with Gasteiger partial charge < -0.3 is 5.32 Å². The van der Waals surface area contributed by atoms with Crippen LogP contribution in [0.1, 0.15) is 5.69 Å². The standard InChI is InChI=1S/C19H13ClF3N3OS/c20-13-7-4-8-14(9-13)24-17(27)11-28-18-25-15(12-5-2-1-3-6-12)10-16(26-18)19(21,22)23/h1-10H,11H2,(H,24,27). The minimum atomic E-state index is -4.62. The Morgan fingerprint density at radius 2 is 1.79 bits per heavy atom. The van der Waals surface area contributed by atoms with Gasteiger partial charge in [0.25, 0.3) is 0 Å². The molecule has 0 aliphatic heterocycles. The number of halogens is 4. The van der Waals surface area contributed by atoms with E-state index >= 15 is 0 Å². The molecule has 9 heteroatoms. The predicted octanol–water partition coefficient (Wildman–Crippen LogP) is 5.55. The number of carbonyl (C=O) groups excluding carboxylic acids is 1. The summed E-state index contributed by atoms with van der Waals surface area (Å²) in [6.45, 7) is 0. The summed E-state index contributed by atoms with van der Waals surface area (Å²) in [5.41, 5.74) is 0.105. The number of hydrogen-bond acceptors (Lipinski definition) is 4. The monoisotopic (exact) mass is 423 g/mol. The van der Waals surface area contributed by atoms with Gasteiger partial charge in [-0.3, -0.25) is 4.79 Å². The third-order valence-corrected chi connectivity index (χ3v) is 4.59. The molecule has 28 heavy (non-hydrogen) atoms. The van der Waals surface area contributed by atoms with E-state index in [-0.39, 0.29) is 16.6 Å². The van der Waals surface area contributed by atoms with Gasteiger partial charge >= 0.3 is 6.18 Å². The Labute approximate surface area is 168 Å². The van der Waals surface area contributed by atoms with Crippen LogP contribution in [0.4, 0.5) is 18.9 Å². The first-order valence-electron chi connectivity index (χ1n) is 8.01. The molecule has 1 N–H and O–H groups in total. The number of benzene rings is 2. The summed E-state index contributed by atoms with van der Waals surface area (Å²) in [5.74, 6) is -0.559. The topological polar surface area (TPSA) is 54.9 Å². The Hall–Kier alpha value is -2.58. The second-order valence-electron chi connectivity index (χ2n) is 5.63. The first-order chi connectivity index (χ1) is 13.3. The van der Waals surface area contributed by atoms with Crippen LogP contribution in [-0.4, -0.2) is 21.6 Å². The van der Waals surface area contributed by atoms with Gasteiger partial charge in [-0.25, -0.2) is 9.97 Å². The third kappa shape index (κ3) is 5.46. The zero-order chi connectivity index (χ0) is 20.1. The maximum absolute atomic E-state index is 13.2. The largest absolute Gasteiger partial charge is 0.433 e. The molecule has 3 rings (SSSR count). The maximum Gasteiger partial charge on any atom is 0.433 e. The molecule has 0 fully saturated rings. The Bertz CT molecular complexity index is 984. The van der Waals surface area contributed by atoms with E-state index in [9.17, 15) is 18.0 Å². The van der Waals surface area contributed by atoms with E-state index in [4.69, 9.17) is 11.6 Å². The molecule has 1 heterocycles. The summed E-state index contributed by atoms with van der Waals surface area (Å²) in [6, 6.07) is 15.9. The second kappa shape index (κ2) is 8.62. The summed E-state index contributed by atoms with van der Waals surface area (Å²) in [6.07, 6.45) is -4.62. The lowest BCUT2D eigenvalue weighted by Gasteiger charge is -2.10. The van der Waals surface area contributed by atoms with Crippen molar-refractivity contribution in [2.75, 3.05) is 11.1 Å². The molecule has 4 nitrogen and oxygen atoms in total. The number of aromatic nitrogens is 2. The first-order valence-corrected chi connectivity index (χ1v) is 9.37. The molecular weight excluding hydrogens is 411 g/mol. The Morgan fingerprint density at radius 1 is 1.04 bits per heavy atom. The lowest BCUT2D eigenvalue weighted by atomic mass is 10.1. The number of rotatable bonds is 5. The number of carbonyl (C=O) groups is 1. The molecule has 0 saturated heterocycles. The number of anilines is 1. The van der Waals surface area contributed by atoms with Crippen LogP contribution < -0.4 is 5.32 Å². The number of nitrogens with zero attached hydrogens (tertiary/aromatic N) is 2. The van der Waals surface area contributed by atoms with Gasteiger partial charge in [-0.2, -0.15) is 13.2 Å². The van der Waals surface area contributed by atoms with Crippen LogP contribution in [0.2, 0.25) is 5.02 Å². The maximum atomic E-state index is 13.2. The van der Waals surface area contributed by atoms with Crippen molar-refractivity contribution in [2.24, 2.45) is 0 Å². The van der Waals surface area contributed by atoms with Crippen molar-refractivity contribution in [1.29, 1.82) is 0 Å². The van der Waals surface area contributed by atoms with Crippen molar-refractivity contribution in [3.63, 3.8) is 0 Å². The van der Waals surface area contributed by atoms with Crippen molar-refractivity contribution in [2.45, 2.75) is 11.3 Å². The SMILES string of the molecule is O=C(CSc1nc(-c2ccccc2)cc(C(F)(F)F)n1)Nc1cccc(Cl)c1. The third-order valence-electron chi connectivity index (χ3n) is 3.51. The Morgan fingerprint density at radius 3 is 2.46 bits per heavy atom. The number of amides is 1. The van der Waals surface area contributed by atoms with Gasteiger partial charge in [0.1, 0.15) is 5.69 Å². The molecule has 1 aromatic heterocycles. The van der Waals surface area contributed by atoms with E-state index in [0.29, 0.717) is 16.3 Å². The summed E-state index contributed by atoms with van der Waals surface area (Å²) >= 11 is 6.68. The van der Waals surface area contributed by atoms with Gasteiger partial charge in [-0.05, 0) is 24.3 Å². The number of alkyl halides is 3. The van der Waals surface area contributed by atoms with Crippen molar-refractivity contribution in [1.82, 2.24) is 9.97 Å². The van der Waals surface area contributed by atoms with Crippen molar-refractivity contribution >= 4 is 35.0 Å². The van der Waals surface area contributed by atoms with E-state index in [1.165, 1.54) is 0 Å². The Balaban J connectivity index is 1.78. The van der Waals surface area contributed by atoms with E-state index in [0.717, 1.165) is 17.8 Å². The van der Waals surface area contributed by atoms with Crippen LogP contribution in [-0.2, 0) is 11.0 Å². The van der Waals surface area contributed by atoms with Crippen LogP contribution in [0.5, 0.6) is 0 Å². The van der Waals surface area contributed by atoms with Crippen molar-refractivity contribution in [3.8, 4) is 11.3 Å². The van der Waals surface area contributed by atoms with E-state index in [1.54, 1.807) is 54.6 Å². The predicted molar refractivity (Wildman–Crippen MR) is 103 cm³/mol. The molecule has 0 aliphatic rings. The van der Waals surface area contributed by atoms with Gasteiger partial charge in [0.2, 0.25) is 5.91 Å². The van der Waals surface area contributed by atoms with Gasteiger partial charge in [0.05, 0.1) is 11.4 Å². The number of hydrogen-bond donors (Lipinski definition) is 1. The quantitative estimate of drug-likeness (QED) is 0.432. The minimum Gasteiger partial charge on any atom is -0.325 e. The van der Waals surface area contributed by atoms with Crippen molar-refractivity contribution in [3.05, 3.63) is 71.4 Å². The highest BCUT2D eigenvalue weighted by Gasteiger charge is 2.34. The molecule has 0 bridgehead atoms. The highest BCUT2D eigenvalue weighted by atomic mass is 35.5.